The molecular formula is C37H47N3O10S2. The van der Waals surface area contributed by atoms with E-state index in [-0.39, 0.29) is 49.6 Å². The van der Waals surface area contributed by atoms with E-state index < -0.39 is 46.1 Å². The number of thiophene rings is 1. The van der Waals surface area contributed by atoms with Crippen LogP contribution in [0, 0.1) is 11.3 Å². The van der Waals surface area contributed by atoms with E-state index >= 15 is 0 Å². The van der Waals surface area contributed by atoms with Crippen molar-refractivity contribution >= 4 is 33.4 Å². The number of unbranched alkanes of at least 4 members (excludes halogenated alkanes) is 1. The molecule has 0 aliphatic carbocycles. The van der Waals surface area contributed by atoms with Crippen LogP contribution >= 0.6 is 11.3 Å². The van der Waals surface area contributed by atoms with Gasteiger partial charge in [0.25, 0.3) is 5.91 Å². The lowest BCUT2D eigenvalue weighted by Gasteiger charge is -2.35. The average molecular weight is 758 g/mol. The number of ether oxygens (including phenoxy) is 5. The van der Waals surface area contributed by atoms with Crippen molar-refractivity contribution in [3.8, 4) is 11.5 Å². The normalized spacial score (nSPS) is 20.7. The Morgan fingerprint density at radius 2 is 1.87 bits per heavy atom. The second-order valence-corrected chi connectivity index (χ2v) is 17.0. The van der Waals surface area contributed by atoms with E-state index in [9.17, 15) is 23.1 Å². The molecule has 2 saturated heterocycles. The van der Waals surface area contributed by atoms with Crippen LogP contribution in [0.3, 0.4) is 0 Å². The Morgan fingerprint density at radius 1 is 1.06 bits per heavy atom. The fourth-order valence-corrected chi connectivity index (χ4v) is 9.08. The number of carbonyl (C=O) groups is 2. The average Bonchev–Trinajstić information content (AvgIpc) is 3.95. The minimum absolute atomic E-state index is 0.00223. The topological polar surface area (TPSA) is 162 Å². The summed E-state index contributed by atoms with van der Waals surface area (Å²) in [6.45, 7) is 4.96. The molecule has 0 bridgehead atoms. The molecule has 282 valence electrons. The van der Waals surface area contributed by atoms with Gasteiger partial charge in [0.1, 0.15) is 6.10 Å². The fourth-order valence-electron chi connectivity index (χ4n) is 6.77. The second-order valence-electron chi connectivity index (χ2n) is 14.1. The Hall–Kier alpha value is -3.73. The summed E-state index contributed by atoms with van der Waals surface area (Å²) >= 11 is 1.38. The van der Waals surface area contributed by atoms with E-state index in [0.29, 0.717) is 48.8 Å². The van der Waals surface area contributed by atoms with E-state index in [1.54, 1.807) is 12.1 Å². The highest BCUT2D eigenvalue weighted by Crippen LogP contribution is 2.36. The van der Waals surface area contributed by atoms with Crippen molar-refractivity contribution in [1.29, 1.82) is 0 Å². The quantitative estimate of drug-likeness (QED) is 0.167. The lowest BCUT2D eigenvalue weighted by Crippen LogP contribution is -2.52. The van der Waals surface area contributed by atoms with E-state index in [0.717, 1.165) is 12.0 Å². The summed E-state index contributed by atoms with van der Waals surface area (Å²) in [7, 11) is -4.18. The maximum atomic E-state index is 14.4. The van der Waals surface area contributed by atoms with Crippen LogP contribution < -0.4 is 20.1 Å². The Kier molecular flexibility index (Phi) is 12.4. The van der Waals surface area contributed by atoms with Crippen molar-refractivity contribution in [2.75, 3.05) is 39.6 Å². The predicted molar refractivity (Wildman–Crippen MR) is 193 cm³/mol. The van der Waals surface area contributed by atoms with Crippen LogP contribution in [0.1, 0.15) is 54.8 Å². The van der Waals surface area contributed by atoms with Crippen LogP contribution in [0.25, 0.3) is 0 Å². The minimum Gasteiger partial charge on any atom is -0.454 e. The summed E-state index contributed by atoms with van der Waals surface area (Å²) in [5.74, 6) is 0.596. The van der Waals surface area contributed by atoms with E-state index in [4.69, 9.17) is 23.7 Å². The van der Waals surface area contributed by atoms with E-state index in [1.807, 2.05) is 55.6 Å². The third kappa shape index (κ3) is 9.62. The summed E-state index contributed by atoms with van der Waals surface area (Å²) < 4.78 is 57.9. The van der Waals surface area contributed by atoms with Crippen LogP contribution in [0.2, 0.25) is 0 Å². The Balaban J connectivity index is 1.16. The highest BCUT2D eigenvalue weighted by Gasteiger charge is 2.44. The highest BCUT2D eigenvalue weighted by atomic mass is 32.2. The van der Waals surface area contributed by atoms with Crippen LogP contribution in [0.15, 0.2) is 70.9 Å². The molecule has 5 atom stereocenters. The lowest BCUT2D eigenvalue weighted by atomic mass is 9.87. The van der Waals surface area contributed by atoms with Crippen molar-refractivity contribution in [2.45, 2.75) is 75.4 Å². The van der Waals surface area contributed by atoms with Crippen LogP contribution in [-0.4, -0.2) is 94.0 Å². The van der Waals surface area contributed by atoms with Gasteiger partial charge in [0.15, 0.2) is 17.8 Å². The number of rotatable bonds is 17. The zero-order valence-corrected chi connectivity index (χ0v) is 31.0. The van der Waals surface area contributed by atoms with E-state index in [2.05, 4.69) is 10.6 Å². The number of benzene rings is 2. The van der Waals surface area contributed by atoms with Crippen molar-refractivity contribution in [3.05, 3.63) is 76.5 Å². The van der Waals surface area contributed by atoms with E-state index in [1.165, 1.54) is 27.8 Å². The molecule has 3 aliphatic heterocycles. The van der Waals surface area contributed by atoms with Gasteiger partial charge in [0.05, 0.1) is 41.1 Å². The zero-order valence-electron chi connectivity index (χ0n) is 29.4. The zero-order chi connectivity index (χ0) is 36.7. The summed E-state index contributed by atoms with van der Waals surface area (Å²) in [4.78, 5) is 26.3. The van der Waals surface area contributed by atoms with Gasteiger partial charge in [-0.1, -0.05) is 56.7 Å². The monoisotopic (exact) mass is 757 g/mol. The number of nitrogens with one attached hydrogen (secondary N) is 2. The molecular weight excluding hydrogens is 711 g/mol. The number of carbonyl (C=O) groups excluding carboxylic acids is 2. The van der Waals surface area contributed by atoms with Gasteiger partial charge in [-0.15, -0.1) is 11.3 Å². The SMILES string of the molecule is CC(C)(CCCCNC(=O)c1cccs1)CN(C[C@@H](O)[C@H](Cc1ccccc1)NC(=O)O[C@H]1CO[C@H]2OCC[C@H]21)S(=O)(=O)c1ccc2c(c1)OCO2. The maximum absolute atomic E-state index is 14.4. The summed E-state index contributed by atoms with van der Waals surface area (Å²) in [5.41, 5.74) is 0.321. The lowest BCUT2D eigenvalue weighted by molar-refractivity contribution is -0.0907. The van der Waals surface area contributed by atoms with Crippen molar-refractivity contribution in [1.82, 2.24) is 14.9 Å². The largest absolute Gasteiger partial charge is 0.454 e. The first-order valence-electron chi connectivity index (χ1n) is 17.6. The molecule has 2 aromatic carbocycles. The van der Waals surface area contributed by atoms with Crippen LogP contribution in [0.5, 0.6) is 11.5 Å². The number of alkyl carbamates (subject to hydrolysis) is 1. The van der Waals surface area contributed by atoms with Gasteiger partial charge >= 0.3 is 6.09 Å². The first-order valence-corrected chi connectivity index (χ1v) is 19.9. The van der Waals surface area contributed by atoms with Gasteiger partial charge in [-0.2, -0.15) is 4.31 Å². The summed E-state index contributed by atoms with van der Waals surface area (Å²) in [5, 5.41) is 19.5. The van der Waals surface area contributed by atoms with Gasteiger partial charge in [-0.05, 0) is 60.2 Å². The van der Waals surface area contributed by atoms with Gasteiger partial charge in [-0.3, -0.25) is 4.79 Å². The number of amides is 2. The van der Waals surface area contributed by atoms with Crippen LogP contribution in [-0.2, 0) is 30.7 Å². The molecule has 4 heterocycles. The molecule has 3 aliphatic rings. The Morgan fingerprint density at radius 3 is 2.65 bits per heavy atom. The molecule has 6 rings (SSSR count). The number of hydrogen-bond donors (Lipinski definition) is 3. The molecule has 2 fully saturated rings. The van der Waals surface area contributed by atoms with Gasteiger partial charge in [-0.25, -0.2) is 13.2 Å². The third-order valence-electron chi connectivity index (χ3n) is 9.60. The fraction of sp³-hybridized carbons (Fsp3) is 0.514. The molecule has 0 unspecified atom stereocenters. The third-order valence-corrected chi connectivity index (χ3v) is 12.3. The molecule has 0 saturated carbocycles. The van der Waals surface area contributed by atoms with Crippen molar-refractivity contribution in [2.24, 2.45) is 11.3 Å². The predicted octanol–water partition coefficient (Wildman–Crippen LogP) is 4.55. The highest BCUT2D eigenvalue weighted by molar-refractivity contribution is 7.89. The first-order chi connectivity index (χ1) is 25.0. The number of fused-ring (bicyclic) bond motifs is 2. The standard InChI is InChI=1S/C37H47N3O10S2/c1-37(2,15-6-7-16-38-34(42)33-11-8-18-51-33)23-40(52(44,45)26-12-13-30-31(20-26)49-24-48-30)21-29(41)28(19-25-9-4-3-5-10-25)39-36(43)50-32-22-47-35-27(32)14-17-46-35/h3-5,8-13,18,20,27-29,32,35,41H,6-7,14-17,19,21-24H2,1-2H3,(H,38,42)(H,39,43)/t27-,28-,29+,32-,35+/m0/s1. The molecule has 13 nitrogen and oxygen atoms in total. The molecule has 15 heteroatoms. The molecule has 3 N–H and O–H groups in total. The maximum Gasteiger partial charge on any atom is 0.407 e. The van der Waals surface area contributed by atoms with Crippen molar-refractivity contribution in [3.63, 3.8) is 0 Å². The number of hydrogen-bond acceptors (Lipinski definition) is 11. The van der Waals surface area contributed by atoms with Gasteiger partial charge < -0.3 is 39.4 Å². The number of sulfonamides is 1. The smallest absolute Gasteiger partial charge is 0.407 e. The molecule has 3 aromatic rings. The molecule has 0 radical (unpaired) electrons. The van der Waals surface area contributed by atoms with Gasteiger partial charge in [0.2, 0.25) is 16.8 Å². The number of aliphatic hydroxyl groups excluding tert-OH is 1. The Bertz CT molecular complexity index is 1760. The number of aliphatic hydroxyl groups is 1. The van der Waals surface area contributed by atoms with Crippen molar-refractivity contribution < 1.29 is 46.8 Å². The summed E-state index contributed by atoms with van der Waals surface area (Å²) in [6, 6.07) is 16.5. The van der Waals surface area contributed by atoms with Crippen LogP contribution in [0.4, 0.5) is 4.79 Å². The minimum atomic E-state index is -4.18. The second kappa shape index (κ2) is 16.9. The molecule has 2 amide bonds. The summed E-state index contributed by atoms with van der Waals surface area (Å²) in [6.07, 6.45) is 0.111. The number of nitrogens with zero attached hydrogens (tertiary/aromatic N) is 1. The molecule has 1 aromatic heterocycles. The molecule has 0 spiro atoms. The Labute approximate surface area is 308 Å². The first kappa shape index (κ1) is 38.0. The molecule has 52 heavy (non-hydrogen) atoms. The van der Waals surface area contributed by atoms with Gasteiger partial charge in [0, 0.05) is 25.7 Å².